The van der Waals surface area contributed by atoms with Crippen LogP contribution in [0.1, 0.15) is 32.7 Å². The van der Waals surface area contributed by atoms with Crippen molar-refractivity contribution in [3.05, 3.63) is 30.2 Å². The number of terminal acetylenes is 1. The van der Waals surface area contributed by atoms with Gasteiger partial charge in [-0.05, 0) is 25.0 Å². The fraction of sp³-hybridized carbons (Fsp3) is 0.389. The van der Waals surface area contributed by atoms with Crippen LogP contribution >= 0.6 is 0 Å². The van der Waals surface area contributed by atoms with Crippen molar-refractivity contribution >= 4 is 6.03 Å². The fourth-order valence-corrected chi connectivity index (χ4v) is 2.19. The van der Waals surface area contributed by atoms with Crippen LogP contribution in [0.4, 0.5) is 4.79 Å². The highest BCUT2D eigenvalue weighted by molar-refractivity contribution is 5.75. The summed E-state index contributed by atoms with van der Waals surface area (Å²) in [6.07, 6.45) is 5.41. The largest absolute Gasteiger partial charge is 0.496 e. The number of aromatic nitrogens is 2. The zero-order chi connectivity index (χ0) is 18.4. The van der Waals surface area contributed by atoms with E-state index < -0.39 is 6.04 Å². The third-order valence-electron chi connectivity index (χ3n) is 3.64. The monoisotopic (exact) mass is 342 g/mol. The van der Waals surface area contributed by atoms with E-state index in [1.165, 1.54) is 0 Å². The highest BCUT2D eigenvalue weighted by atomic mass is 16.5. The molecule has 0 saturated heterocycles. The fourth-order valence-electron chi connectivity index (χ4n) is 2.19. The van der Waals surface area contributed by atoms with Crippen molar-refractivity contribution in [1.82, 2.24) is 20.8 Å². The molecule has 1 heterocycles. The number of nitrogens with one attached hydrogen (secondary N) is 2. The van der Waals surface area contributed by atoms with Gasteiger partial charge >= 0.3 is 6.03 Å². The Morgan fingerprint density at radius 1 is 1.28 bits per heavy atom. The molecular formula is C18H22N4O3. The predicted molar refractivity (Wildman–Crippen MR) is 93.8 cm³/mol. The van der Waals surface area contributed by atoms with Gasteiger partial charge in [-0.2, -0.15) is 4.98 Å². The van der Waals surface area contributed by atoms with E-state index in [1.807, 2.05) is 38.1 Å². The van der Waals surface area contributed by atoms with E-state index in [2.05, 4.69) is 26.7 Å². The minimum atomic E-state index is -0.471. The molecule has 0 aliphatic rings. The van der Waals surface area contributed by atoms with E-state index in [1.54, 1.807) is 14.0 Å². The smallest absolute Gasteiger partial charge is 0.316 e. The van der Waals surface area contributed by atoms with E-state index in [0.29, 0.717) is 17.1 Å². The highest BCUT2D eigenvalue weighted by Gasteiger charge is 2.20. The number of ether oxygens (including phenoxy) is 1. The third kappa shape index (κ3) is 4.51. The number of carbonyl (C=O) groups excluding carboxylic acids is 1. The number of urea groups is 1. The molecule has 1 aromatic heterocycles. The molecular weight excluding hydrogens is 320 g/mol. The van der Waals surface area contributed by atoms with Gasteiger partial charge in [0.1, 0.15) is 11.8 Å². The first-order valence-electron chi connectivity index (χ1n) is 7.96. The van der Waals surface area contributed by atoms with Crippen molar-refractivity contribution in [3.63, 3.8) is 0 Å². The number of carbonyl (C=O) groups is 1. The quantitative estimate of drug-likeness (QED) is 0.788. The topological polar surface area (TPSA) is 89.3 Å². The first-order valence-corrected chi connectivity index (χ1v) is 7.96. The lowest BCUT2D eigenvalue weighted by Crippen LogP contribution is -2.44. The van der Waals surface area contributed by atoms with Gasteiger partial charge in [0.25, 0.3) is 0 Å². The molecule has 2 atom stereocenters. The van der Waals surface area contributed by atoms with Crippen LogP contribution in [0.5, 0.6) is 5.75 Å². The summed E-state index contributed by atoms with van der Waals surface area (Å²) in [5.74, 6) is 4.00. The normalized spacial score (nSPS) is 13.0. The lowest BCUT2D eigenvalue weighted by Gasteiger charge is -2.18. The molecule has 0 aliphatic carbocycles. The van der Waals surface area contributed by atoms with Gasteiger partial charge in [-0.1, -0.05) is 37.1 Å². The van der Waals surface area contributed by atoms with Crippen molar-refractivity contribution in [2.75, 3.05) is 7.11 Å². The highest BCUT2D eigenvalue weighted by Crippen LogP contribution is 2.27. The SMILES string of the molecule is C#CC(NC(=O)NC(C)c1nc(-c2ccccc2OC)no1)C(C)C. The van der Waals surface area contributed by atoms with Gasteiger partial charge in [0.2, 0.25) is 11.7 Å². The molecule has 132 valence electrons. The number of hydrogen-bond donors (Lipinski definition) is 2. The summed E-state index contributed by atoms with van der Waals surface area (Å²) in [5, 5.41) is 9.42. The lowest BCUT2D eigenvalue weighted by molar-refractivity contribution is 0.230. The Labute approximate surface area is 147 Å². The number of rotatable bonds is 6. The standard InChI is InChI=1S/C18H22N4O3/c1-6-14(11(2)3)20-18(23)19-12(4)17-21-16(22-25-17)13-9-7-8-10-15(13)24-5/h1,7-12,14H,2-5H3,(H2,19,20,23). The van der Waals surface area contributed by atoms with Gasteiger partial charge in [0, 0.05) is 0 Å². The van der Waals surface area contributed by atoms with Crippen LogP contribution in [0.2, 0.25) is 0 Å². The molecule has 2 amide bonds. The summed E-state index contributed by atoms with van der Waals surface area (Å²) < 4.78 is 10.6. The summed E-state index contributed by atoms with van der Waals surface area (Å²) in [5.41, 5.74) is 0.712. The van der Waals surface area contributed by atoms with Gasteiger partial charge in [0.15, 0.2) is 0 Å². The van der Waals surface area contributed by atoms with Crippen LogP contribution < -0.4 is 15.4 Å². The molecule has 2 unspecified atom stereocenters. The van der Waals surface area contributed by atoms with Gasteiger partial charge in [-0.15, -0.1) is 6.42 Å². The number of methoxy groups -OCH3 is 1. The van der Waals surface area contributed by atoms with Gasteiger partial charge in [-0.25, -0.2) is 4.79 Å². The molecule has 0 saturated carbocycles. The molecule has 2 rings (SSSR count). The van der Waals surface area contributed by atoms with E-state index in [4.69, 9.17) is 15.7 Å². The summed E-state index contributed by atoms with van der Waals surface area (Å²) >= 11 is 0. The van der Waals surface area contributed by atoms with E-state index in [0.717, 1.165) is 0 Å². The van der Waals surface area contributed by atoms with E-state index in [-0.39, 0.29) is 23.9 Å². The lowest BCUT2D eigenvalue weighted by atomic mass is 10.1. The van der Waals surface area contributed by atoms with Crippen LogP contribution in [-0.4, -0.2) is 29.3 Å². The van der Waals surface area contributed by atoms with Gasteiger partial charge in [-0.3, -0.25) is 0 Å². The first kappa shape index (κ1) is 18.3. The number of para-hydroxylation sites is 1. The number of amides is 2. The molecule has 0 radical (unpaired) electrons. The van der Waals surface area contributed by atoms with Crippen LogP contribution in [0, 0.1) is 18.3 Å². The summed E-state index contributed by atoms with van der Waals surface area (Å²) in [4.78, 5) is 16.4. The predicted octanol–water partition coefficient (Wildman–Crippen LogP) is 2.76. The van der Waals surface area contributed by atoms with E-state index in [9.17, 15) is 4.79 Å². The maximum absolute atomic E-state index is 12.1. The van der Waals surface area contributed by atoms with Crippen molar-refractivity contribution in [3.8, 4) is 29.5 Å². The zero-order valence-electron chi connectivity index (χ0n) is 14.7. The second kappa shape index (κ2) is 8.20. The van der Waals surface area contributed by atoms with Gasteiger partial charge < -0.3 is 19.9 Å². The Morgan fingerprint density at radius 3 is 2.64 bits per heavy atom. The van der Waals surface area contributed by atoms with Gasteiger partial charge in [0.05, 0.1) is 18.7 Å². The van der Waals surface area contributed by atoms with Crippen molar-refractivity contribution in [1.29, 1.82) is 0 Å². The first-order chi connectivity index (χ1) is 12.0. The molecule has 2 aromatic rings. The Balaban J connectivity index is 2.07. The minimum Gasteiger partial charge on any atom is -0.496 e. The Bertz CT molecular complexity index is 764. The Hall–Kier alpha value is -3.01. The maximum atomic E-state index is 12.1. The summed E-state index contributed by atoms with van der Waals surface area (Å²) in [6, 6.07) is 6.15. The Morgan fingerprint density at radius 2 is 2.00 bits per heavy atom. The molecule has 7 heteroatoms. The second-order valence-corrected chi connectivity index (χ2v) is 5.88. The van der Waals surface area contributed by atoms with Crippen molar-refractivity contribution in [2.45, 2.75) is 32.9 Å². The second-order valence-electron chi connectivity index (χ2n) is 5.88. The molecule has 0 bridgehead atoms. The molecule has 25 heavy (non-hydrogen) atoms. The number of nitrogens with zero attached hydrogens (tertiary/aromatic N) is 2. The average Bonchev–Trinajstić information content (AvgIpc) is 3.09. The van der Waals surface area contributed by atoms with Crippen LogP contribution in [-0.2, 0) is 0 Å². The van der Waals surface area contributed by atoms with Crippen LogP contribution in [0.25, 0.3) is 11.4 Å². The Kier molecular flexibility index (Phi) is 6.01. The molecule has 0 aliphatic heterocycles. The molecule has 7 nitrogen and oxygen atoms in total. The average molecular weight is 342 g/mol. The summed E-state index contributed by atoms with van der Waals surface area (Å²) in [6.45, 7) is 5.62. The number of benzene rings is 1. The zero-order valence-corrected chi connectivity index (χ0v) is 14.7. The molecule has 0 fully saturated rings. The third-order valence-corrected chi connectivity index (χ3v) is 3.64. The molecule has 2 N–H and O–H groups in total. The van der Waals surface area contributed by atoms with Crippen LogP contribution in [0.15, 0.2) is 28.8 Å². The summed E-state index contributed by atoms with van der Waals surface area (Å²) in [7, 11) is 1.57. The minimum absolute atomic E-state index is 0.131. The molecule has 1 aromatic carbocycles. The maximum Gasteiger partial charge on any atom is 0.316 e. The van der Waals surface area contributed by atoms with E-state index >= 15 is 0 Å². The number of hydrogen-bond acceptors (Lipinski definition) is 5. The van der Waals surface area contributed by atoms with Crippen molar-refractivity contribution in [2.24, 2.45) is 5.92 Å². The molecule has 0 spiro atoms. The van der Waals surface area contributed by atoms with Crippen molar-refractivity contribution < 1.29 is 14.1 Å². The van der Waals surface area contributed by atoms with Crippen LogP contribution in [0.3, 0.4) is 0 Å².